The van der Waals surface area contributed by atoms with Crippen molar-refractivity contribution in [2.75, 3.05) is 12.5 Å². The van der Waals surface area contributed by atoms with Gasteiger partial charge in [0.15, 0.2) is 19.7 Å². The first kappa shape index (κ1) is 16.9. The standard InChI is InChI=1S/C10H12ClNO6S2/c1-19(15,16)6-4-3-5(10(13)14)8(11)7(6)9(12)20(2,17)18/h3-4,9H,12H2,1-2H3,(H,13,14). The van der Waals surface area contributed by atoms with Gasteiger partial charge in [-0.3, -0.25) is 0 Å². The van der Waals surface area contributed by atoms with E-state index in [1.165, 1.54) is 0 Å². The van der Waals surface area contributed by atoms with Crippen molar-refractivity contribution in [2.45, 2.75) is 10.3 Å². The minimum Gasteiger partial charge on any atom is -0.478 e. The largest absolute Gasteiger partial charge is 0.478 e. The Bertz CT molecular complexity index is 769. The van der Waals surface area contributed by atoms with Gasteiger partial charge in [-0.2, -0.15) is 0 Å². The van der Waals surface area contributed by atoms with Crippen molar-refractivity contribution < 1.29 is 26.7 Å². The fourth-order valence-electron chi connectivity index (χ4n) is 1.54. The Balaban J connectivity index is 3.85. The van der Waals surface area contributed by atoms with Crippen molar-refractivity contribution in [3.8, 4) is 0 Å². The minimum absolute atomic E-state index is 0.412. The number of carboxylic acids is 1. The molecule has 0 fully saturated rings. The summed E-state index contributed by atoms with van der Waals surface area (Å²) in [6.45, 7) is 0. The number of halogens is 1. The predicted octanol–water partition coefficient (Wildman–Crippen LogP) is 0.444. The lowest BCUT2D eigenvalue weighted by molar-refractivity contribution is 0.0697. The van der Waals surface area contributed by atoms with Gasteiger partial charge in [0, 0.05) is 18.1 Å². The summed E-state index contributed by atoms with van der Waals surface area (Å²) in [4.78, 5) is 10.6. The first-order valence-corrected chi connectivity index (χ1v) is 9.30. The van der Waals surface area contributed by atoms with Crippen molar-refractivity contribution in [3.05, 3.63) is 28.3 Å². The van der Waals surface area contributed by atoms with E-state index in [1.54, 1.807) is 0 Å². The van der Waals surface area contributed by atoms with Crippen LogP contribution >= 0.6 is 11.6 Å². The van der Waals surface area contributed by atoms with Crippen LogP contribution in [-0.4, -0.2) is 40.4 Å². The lowest BCUT2D eigenvalue weighted by atomic mass is 10.1. The van der Waals surface area contributed by atoms with Gasteiger partial charge < -0.3 is 10.8 Å². The summed E-state index contributed by atoms with van der Waals surface area (Å²) in [5.74, 6) is -1.42. The monoisotopic (exact) mass is 341 g/mol. The molecule has 0 spiro atoms. The molecule has 0 aliphatic heterocycles. The van der Waals surface area contributed by atoms with Crippen LogP contribution in [0, 0.1) is 0 Å². The van der Waals surface area contributed by atoms with Crippen LogP contribution in [0.3, 0.4) is 0 Å². The second kappa shape index (κ2) is 5.32. The van der Waals surface area contributed by atoms with Gasteiger partial charge >= 0.3 is 5.97 Å². The third kappa shape index (κ3) is 3.29. The molecule has 1 rings (SSSR count). The van der Waals surface area contributed by atoms with E-state index in [2.05, 4.69) is 0 Å². The second-order valence-corrected chi connectivity index (χ2v) is 8.70. The molecule has 7 nitrogen and oxygen atoms in total. The molecule has 0 aromatic heterocycles. The lowest BCUT2D eigenvalue weighted by Gasteiger charge is -2.17. The maximum Gasteiger partial charge on any atom is 0.337 e. The van der Waals surface area contributed by atoms with Crippen LogP contribution < -0.4 is 5.73 Å². The summed E-state index contributed by atoms with van der Waals surface area (Å²) >= 11 is 5.83. The Morgan fingerprint density at radius 2 is 1.75 bits per heavy atom. The molecule has 3 N–H and O–H groups in total. The number of nitrogens with two attached hydrogens (primary N) is 1. The molecule has 0 radical (unpaired) electrons. The van der Waals surface area contributed by atoms with Crippen LogP contribution in [0.15, 0.2) is 17.0 Å². The zero-order valence-electron chi connectivity index (χ0n) is 10.5. The van der Waals surface area contributed by atoms with Crippen LogP contribution in [-0.2, 0) is 19.7 Å². The Kier molecular flexibility index (Phi) is 4.49. The van der Waals surface area contributed by atoms with E-state index in [0.29, 0.717) is 0 Å². The Morgan fingerprint density at radius 1 is 1.25 bits per heavy atom. The van der Waals surface area contributed by atoms with Crippen LogP contribution in [0.5, 0.6) is 0 Å². The van der Waals surface area contributed by atoms with Gasteiger partial charge in [-0.15, -0.1) is 0 Å². The summed E-state index contributed by atoms with van der Waals surface area (Å²) < 4.78 is 46.4. The average molecular weight is 342 g/mol. The van der Waals surface area contributed by atoms with Crippen molar-refractivity contribution in [1.29, 1.82) is 0 Å². The van der Waals surface area contributed by atoms with Gasteiger partial charge in [-0.25, -0.2) is 21.6 Å². The third-order valence-electron chi connectivity index (χ3n) is 2.52. The van der Waals surface area contributed by atoms with Crippen molar-refractivity contribution in [1.82, 2.24) is 0 Å². The number of rotatable bonds is 4. The Labute approximate surface area is 121 Å². The lowest BCUT2D eigenvalue weighted by Crippen LogP contribution is -2.24. The Morgan fingerprint density at radius 3 is 2.10 bits per heavy atom. The molecule has 1 atom stereocenters. The highest BCUT2D eigenvalue weighted by Gasteiger charge is 2.30. The molecule has 112 valence electrons. The van der Waals surface area contributed by atoms with Crippen LogP contribution in [0.2, 0.25) is 5.02 Å². The highest BCUT2D eigenvalue weighted by Crippen LogP contribution is 2.33. The number of hydrogen-bond acceptors (Lipinski definition) is 6. The summed E-state index contributed by atoms with van der Waals surface area (Å²) in [7, 11) is -7.69. The predicted molar refractivity (Wildman–Crippen MR) is 73.3 cm³/mol. The van der Waals surface area contributed by atoms with E-state index < -0.39 is 52.1 Å². The summed E-state index contributed by atoms with van der Waals surface area (Å²) in [6.07, 6.45) is 1.64. The molecule has 1 aromatic carbocycles. The average Bonchev–Trinajstić information content (AvgIpc) is 2.24. The van der Waals surface area contributed by atoms with Gasteiger partial charge in [0.25, 0.3) is 0 Å². The molecule has 10 heteroatoms. The fraction of sp³-hybridized carbons (Fsp3) is 0.300. The Hall–Kier alpha value is -1.16. The fourth-order valence-corrected chi connectivity index (χ4v) is 3.72. The normalized spacial score (nSPS) is 14.0. The molecule has 0 saturated heterocycles. The molecule has 0 aliphatic rings. The first-order valence-electron chi connectivity index (χ1n) is 5.07. The molecule has 0 heterocycles. The molecule has 1 unspecified atom stereocenters. The van der Waals surface area contributed by atoms with Gasteiger partial charge in [0.05, 0.1) is 15.5 Å². The summed E-state index contributed by atoms with van der Waals surface area (Å²) in [6, 6.07) is 1.96. The number of aromatic carboxylic acids is 1. The van der Waals surface area contributed by atoms with Crippen molar-refractivity contribution >= 4 is 37.2 Å². The highest BCUT2D eigenvalue weighted by atomic mass is 35.5. The van der Waals surface area contributed by atoms with Gasteiger partial charge in [0.2, 0.25) is 0 Å². The summed E-state index contributed by atoms with van der Waals surface area (Å²) in [5, 5.41) is 6.71. The van der Waals surface area contributed by atoms with Crippen molar-refractivity contribution in [2.24, 2.45) is 5.73 Å². The van der Waals surface area contributed by atoms with Crippen molar-refractivity contribution in [3.63, 3.8) is 0 Å². The second-order valence-electron chi connectivity index (χ2n) is 4.17. The SMILES string of the molecule is CS(=O)(=O)c1ccc(C(=O)O)c(Cl)c1C(N)S(C)(=O)=O. The smallest absolute Gasteiger partial charge is 0.337 e. The third-order valence-corrected chi connectivity index (χ3v) is 5.24. The maximum atomic E-state index is 11.7. The molecule has 0 aliphatic carbocycles. The number of sulfone groups is 2. The van der Waals surface area contributed by atoms with E-state index in [-0.39, 0.29) is 0 Å². The zero-order valence-corrected chi connectivity index (χ0v) is 12.9. The van der Waals surface area contributed by atoms with Gasteiger partial charge in [-0.05, 0) is 12.1 Å². The zero-order chi connectivity index (χ0) is 15.9. The van der Waals surface area contributed by atoms with Crippen LogP contribution in [0.25, 0.3) is 0 Å². The van der Waals surface area contributed by atoms with E-state index in [4.69, 9.17) is 22.4 Å². The molecule has 0 bridgehead atoms. The number of carboxylic acid groups (broad SMARTS) is 1. The van der Waals surface area contributed by atoms with Crippen LogP contribution in [0.4, 0.5) is 0 Å². The topological polar surface area (TPSA) is 132 Å². The number of hydrogen-bond donors (Lipinski definition) is 2. The molecule has 20 heavy (non-hydrogen) atoms. The minimum atomic E-state index is -3.87. The maximum absolute atomic E-state index is 11.7. The molecule has 1 aromatic rings. The number of benzene rings is 1. The number of carbonyl (C=O) groups is 1. The van der Waals surface area contributed by atoms with E-state index in [0.717, 1.165) is 24.6 Å². The molecular weight excluding hydrogens is 330 g/mol. The van der Waals surface area contributed by atoms with Gasteiger partial charge in [0.1, 0.15) is 5.37 Å². The van der Waals surface area contributed by atoms with E-state index >= 15 is 0 Å². The molecular formula is C10H12ClNO6S2. The van der Waals surface area contributed by atoms with E-state index in [9.17, 15) is 21.6 Å². The first-order chi connectivity index (χ1) is 8.87. The summed E-state index contributed by atoms with van der Waals surface area (Å²) in [5.41, 5.74) is 4.65. The van der Waals surface area contributed by atoms with Gasteiger partial charge in [-0.1, -0.05) is 11.6 Å². The molecule has 0 amide bonds. The van der Waals surface area contributed by atoms with Crippen LogP contribution in [0.1, 0.15) is 21.3 Å². The van der Waals surface area contributed by atoms with E-state index in [1.807, 2.05) is 0 Å². The molecule has 0 saturated carbocycles. The quantitative estimate of drug-likeness (QED) is 0.812. The highest BCUT2D eigenvalue weighted by molar-refractivity contribution is 7.91.